The van der Waals surface area contributed by atoms with Gasteiger partial charge in [0.05, 0.1) is 18.2 Å². The first-order valence-electron chi connectivity index (χ1n) is 5.82. The van der Waals surface area contributed by atoms with Gasteiger partial charge in [-0.15, -0.1) is 0 Å². The van der Waals surface area contributed by atoms with Gasteiger partial charge in [-0.25, -0.2) is 14.2 Å². The van der Waals surface area contributed by atoms with Crippen molar-refractivity contribution in [3.05, 3.63) is 64.2 Å². The highest BCUT2D eigenvalue weighted by Gasteiger charge is 2.22. The minimum atomic E-state index is -0.784. The van der Waals surface area contributed by atoms with E-state index in [1.165, 1.54) is 31.4 Å². The second kappa shape index (κ2) is 6.17. The van der Waals surface area contributed by atoms with Crippen LogP contribution < -0.4 is 16.0 Å². The van der Waals surface area contributed by atoms with Crippen LogP contribution in [0, 0.1) is 11.6 Å². The fraction of sp³-hybridized carbons (Fsp3) is 0.143. The van der Waals surface area contributed by atoms with E-state index in [-0.39, 0.29) is 16.3 Å². The van der Waals surface area contributed by atoms with Gasteiger partial charge in [0.15, 0.2) is 11.6 Å². The van der Waals surface area contributed by atoms with E-state index in [9.17, 15) is 8.78 Å². The van der Waals surface area contributed by atoms with Gasteiger partial charge in [-0.1, -0.05) is 35.9 Å². The number of hydrogen-bond donors (Lipinski definition) is 2. The lowest BCUT2D eigenvalue weighted by molar-refractivity contribution is 0.381. The van der Waals surface area contributed by atoms with Crippen LogP contribution in [0.25, 0.3) is 0 Å². The van der Waals surface area contributed by atoms with Crippen molar-refractivity contribution in [3.63, 3.8) is 0 Å². The second-order valence-corrected chi connectivity index (χ2v) is 4.48. The predicted molar refractivity (Wildman–Crippen MR) is 73.5 cm³/mol. The first-order chi connectivity index (χ1) is 9.60. The molecule has 6 heteroatoms. The molecule has 0 fully saturated rings. The largest absolute Gasteiger partial charge is 0.494 e. The standard InChI is InChI=1S/C14H13ClF2N2O/c1-20-11-7-3-5-9(13(11)17)14(19-18)8-4-2-6-10(16)12(8)15/h2-7,14,19H,18H2,1H3. The summed E-state index contributed by atoms with van der Waals surface area (Å²) < 4.78 is 32.7. The van der Waals surface area contributed by atoms with Crippen LogP contribution >= 0.6 is 11.6 Å². The summed E-state index contributed by atoms with van der Waals surface area (Å²) in [4.78, 5) is 0. The zero-order valence-electron chi connectivity index (χ0n) is 10.7. The Balaban J connectivity index is 2.56. The van der Waals surface area contributed by atoms with Crippen LogP contribution in [0.5, 0.6) is 5.75 Å². The summed E-state index contributed by atoms with van der Waals surface area (Å²) in [6.45, 7) is 0. The summed E-state index contributed by atoms with van der Waals surface area (Å²) in [5, 5.41) is -0.0994. The molecule has 0 radical (unpaired) electrons. The summed E-state index contributed by atoms with van der Waals surface area (Å²) in [7, 11) is 1.36. The van der Waals surface area contributed by atoms with Crippen LogP contribution in [-0.2, 0) is 0 Å². The number of ether oxygens (including phenoxy) is 1. The summed E-state index contributed by atoms with van der Waals surface area (Å²) in [6.07, 6.45) is 0. The van der Waals surface area contributed by atoms with Crippen molar-refractivity contribution in [3.8, 4) is 5.75 Å². The highest BCUT2D eigenvalue weighted by Crippen LogP contribution is 2.33. The van der Waals surface area contributed by atoms with Crippen LogP contribution in [0.2, 0.25) is 5.02 Å². The van der Waals surface area contributed by atoms with Crippen molar-refractivity contribution in [1.29, 1.82) is 0 Å². The van der Waals surface area contributed by atoms with Gasteiger partial charge in [-0.2, -0.15) is 0 Å². The zero-order valence-corrected chi connectivity index (χ0v) is 11.4. The Kier molecular flexibility index (Phi) is 4.54. The molecule has 0 bridgehead atoms. The molecule has 20 heavy (non-hydrogen) atoms. The van der Waals surface area contributed by atoms with E-state index in [0.29, 0.717) is 5.56 Å². The van der Waals surface area contributed by atoms with Crippen molar-refractivity contribution in [2.75, 3.05) is 7.11 Å². The Morgan fingerprint density at radius 3 is 2.45 bits per heavy atom. The van der Waals surface area contributed by atoms with Crippen molar-refractivity contribution < 1.29 is 13.5 Å². The highest BCUT2D eigenvalue weighted by atomic mass is 35.5. The number of hydrogen-bond acceptors (Lipinski definition) is 3. The molecular formula is C14H13ClF2N2O. The maximum absolute atomic E-state index is 14.3. The van der Waals surface area contributed by atoms with Gasteiger partial charge in [0.2, 0.25) is 0 Å². The first kappa shape index (κ1) is 14.7. The third-order valence-corrected chi connectivity index (χ3v) is 3.38. The van der Waals surface area contributed by atoms with Crippen LogP contribution in [0.15, 0.2) is 36.4 Å². The van der Waals surface area contributed by atoms with Crippen molar-refractivity contribution >= 4 is 11.6 Å². The number of benzene rings is 2. The zero-order chi connectivity index (χ0) is 14.7. The molecule has 0 saturated carbocycles. The lowest BCUT2D eigenvalue weighted by atomic mass is 9.98. The first-order valence-corrected chi connectivity index (χ1v) is 6.20. The Bertz CT molecular complexity index is 622. The van der Waals surface area contributed by atoms with E-state index in [4.69, 9.17) is 22.2 Å². The molecule has 0 aliphatic rings. The number of nitrogens with two attached hydrogens (primary N) is 1. The molecule has 0 aliphatic heterocycles. The van der Waals surface area contributed by atoms with Crippen LogP contribution in [0.4, 0.5) is 8.78 Å². The van der Waals surface area contributed by atoms with Crippen LogP contribution in [0.3, 0.4) is 0 Å². The lowest BCUT2D eigenvalue weighted by Crippen LogP contribution is -2.30. The van der Waals surface area contributed by atoms with Gasteiger partial charge in [-0.05, 0) is 17.7 Å². The minimum absolute atomic E-state index is 0.0790. The number of nitrogens with one attached hydrogen (secondary N) is 1. The lowest BCUT2D eigenvalue weighted by Gasteiger charge is -2.19. The summed E-state index contributed by atoms with van der Waals surface area (Å²) in [5.74, 6) is 4.40. The number of hydrazine groups is 1. The molecule has 0 saturated heterocycles. The van der Waals surface area contributed by atoms with Gasteiger partial charge in [0.25, 0.3) is 0 Å². The topological polar surface area (TPSA) is 47.3 Å². The molecule has 2 aromatic carbocycles. The van der Waals surface area contributed by atoms with Gasteiger partial charge in [-0.3, -0.25) is 5.84 Å². The Hall–Kier alpha value is -1.69. The Morgan fingerprint density at radius 2 is 1.80 bits per heavy atom. The van der Waals surface area contributed by atoms with Gasteiger partial charge >= 0.3 is 0 Å². The predicted octanol–water partition coefficient (Wildman–Crippen LogP) is 3.18. The molecule has 1 unspecified atom stereocenters. The van der Waals surface area contributed by atoms with Gasteiger partial charge in [0, 0.05) is 5.56 Å². The molecule has 2 aromatic rings. The molecule has 2 rings (SSSR count). The van der Waals surface area contributed by atoms with Gasteiger partial charge in [0.1, 0.15) is 5.82 Å². The minimum Gasteiger partial charge on any atom is -0.494 e. The van der Waals surface area contributed by atoms with Crippen molar-refractivity contribution in [1.82, 2.24) is 5.43 Å². The van der Waals surface area contributed by atoms with E-state index in [1.54, 1.807) is 12.1 Å². The quantitative estimate of drug-likeness (QED) is 0.673. The van der Waals surface area contributed by atoms with E-state index in [1.807, 2.05) is 0 Å². The number of methoxy groups -OCH3 is 1. The Labute approximate surface area is 120 Å². The average molecular weight is 299 g/mol. The molecule has 106 valence electrons. The molecule has 0 aromatic heterocycles. The van der Waals surface area contributed by atoms with E-state index < -0.39 is 17.7 Å². The summed E-state index contributed by atoms with van der Waals surface area (Å²) >= 11 is 5.92. The molecule has 0 amide bonds. The number of halogens is 3. The number of rotatable bonds is 4. The molecule has 0 spiro atoms. The highest BCUT2D eigenvalue weighted by molar-refractivity contribution is 6.31. The van der Waals surface area contributed by atoms with Crippen LogP contribution in [0.1, 0.15) is 17.2 Å². The molecule has 1 atom stereocenters. The van der Waals surface area contributed by atoms with Crippen molar-refractivity contribution in [2.24, 2.45) is 5.84 Å². The smallest absolute Gasteiger partial charge is 0.170 e. The monoisotopic (exact) mass is 298 g/mol. The molecule has 3 nitrogen and oxygen atoms in total. The van der Waals surface area contributed by atoms with E-state index >= 15 is 0 Å². The third-order valence-electron chi connectivity index (χ3n) is 2.98. The third kappa shape index (κ3) is 2.60. The average Bonchev–Trinajstić information content (AvgIpc) is 2.46. The van der Waals surface area contributed by atoms with E-state index in [0.717, 1.165) is 0 Å². The van der Waals surface area contributed by atoms with Crippen molar-refractivity contribution in [2.45, 2.75) is 6.04 Å². The second-order valence-electron chi connectivity index (χ2n) is 4.11. The SMILES string of the molecule is COc1cccc(C(NN)c2cccc(F)c2Cl)c1F. The maximum atomic E-state index is 14.3. The fourth-order valence-corrected chi connectivity index (χ4v) is 2.23. The van der Waals surface area contributed by atoms with E-state index in [2.05, 4.69) is 5.43 Å². The summed E-state index contributed by atoms with van der Waals surface area (Å²) in [6, 6.07) is 8.14. The normalized spacial score (nSPS) is 12.2. The van der Waals surface area contributed by atoms with Gasteiger partial charge < -0.3 is 4.74 Å². The molecule has 0 heterocycles. The molecule has 3 N–H and O–H groups in total. The fourth-order valence-electron chi connectivity index (χ4n) is 2.00. The molecule has 0 aliphatic carbocycles. The summed E-state index contributed by atoms with van der Waals surface area (Å²) in [5.41, 5.74) is 3.02. The molecular weight excluding hydrogens is 286 g/mol. The van der Waals surface area contributed by atoms with Crippen LogP contribution in [-0.4, -0.2) is 7.11 Å². The maximum Gasteiger partial charge on any atom is 0.170 e. The Morgan fingerprint density at radius 1 is 1.15 bits per heavy atom.